The molecule has 8 heteroatoms. The summed E-state index contributed by atoms with van der Waals surface area (Å²) in [6.45, 7) is 2.78. The summed E-state index contributed by atoms with van der Waals surface area (Å²) < 4.78 is 13.6. The first-order valence-corrected chi connectivity index (χ1v) is 14.2. The van der Waals surface area contributed by atoms with E-state index in [1.165, 1.54) is 23.9 Å². The van der Waals surface area contributed by atoms with Gasteiger partial charge in [-0.3, -0.25) is 9.59 Å². The van der Waals surface area contributed by atoms with Crippen molar-refractivity contribution in [3.05, 3.63) is 105 Å². The smallest absolute Gasteiger partial charge is 0.243 e. The minimum Gasteiger partial charge on any atom is -0.354 e. The third kappa shape index (κ3) is 9.06. The SMILES string of the molecule is CCCCNC(=O)[C@@H](Cc1ccccc1)N(Cc1ccc(F)cc1)C(=O)CSCc1c(Cl)cccc1Cl. The first kappa shape index (κ1) is 29.0. The predicted octanol–water partition coefficient (Wildman–Crippen LogP) is 6.92. The quantitative estimate of drug-likeness (QED) is 0.231. The van der Waals surface area contributed by atoms with E-state index in [1.54, 1.807) is 35.2 Å². The van der Waals surface area contributed by atoms with Gasteiger partial charge in [0, 0.05) is 35.3 Å². The summed E-state index contributed by atoms with van der Waals surface area (Å²) in [6, 6.07) is 20.2. The van der Waals surface area contributed by atoms with Crippen molar-refractivity contribution in [2.24, 2.45) is 0 Å². The fraction of sp³-hybridized carbons (Fsp3) is 0.310. The molecule has 0 bridgehead atoms. The van der Waals surface area contributed by atoms with Gasteiger partial charge in [0.25, 0.3) is 0 Å². The highest BCUT2D eigenvalue weighted by Crippen LogP contribution is 2.28. The minimum absolute atomic E-state index is 0.135. The number of carbonyl (C=O) groups is 2. The van der Waals surface area contributed by atoms with Gasteiger partial charge in [-0.15, -0.1) is 11.8 Å². The van der Waals surface area contributed by atoms with Gasteiger partial charge < -0.3 is 10.2 Å². The van der Waals surface area contributed by atoms with Crippen LogP contribution in [-0.4, -0.2) is 35.1 Å². The van der Waals surface area contributed by atoms with Crippen molar-refractivity contribution in [2.45, 2.75) is 44.5 Å². The molecule has 0 saturated heterocycles. The molecule has 0 aliphatic carbocycles. The molecule has 3 aromatic rings. The molecule has 0 aromatic heterocycles. The number of halogens is 3. The molecular formula is C29H31Cl2FN2O2S. The van der Waals surface area contributed by atoms with E-state index in [9.17, 15) is 14.0 Å². The monoisotopic (exact) mass is 560 g/mol. The molecule has 0 unspecified atom stereocenters. The van der Waals surface area contributed by atoms with Gasteiger partial charge in [0.2, 0.25) is 11.8 Å². The van der Waals surface area contributed by atoms with E-state index in [0.717, 1.165) is 29.5 Å². The van der Waals surface area contributed by atoms with Crippen LogP contribution >= 0.6 is 35.0 Å². The summed E-state index contributed by atoms with van der Waals surface area (Å²) in [5.41, 5.74) is 2.46. The highest BCUT2D eigenvalue weighted by molar-refractivity contribution is 7.99. The van der Waals surface area contributed by atoms with E-state index in [1.807, 2.05) is 30.3 Å². The summed E-state index contributed by atoms with van der Waals surface area (Å²) in [7, 11) is 0. The minimum atomic E-state index is -0.721. The molecule has 0 fully saturated rings. The van der Waals surface area contributed by atoms with Gasteiger partial charge in [-0.25, -0.2) is 4.39 Å². The molecule has 0 spiro atoms. The van der Waals surface area contributed by atoms with Gasteiger partial charge in [0.05, 0.1) is 5.75 Å². The van der Waals surface area contributed by atoms with Crippen molar-refractivity contribution >= 4 is 46.8 Å². The molecule has 1 N–H and O–H groups in total. The summed E-state index contributed by atoms with van der Waals surface area (Å²) in [4.78, 5) is 28.6. The van der Waals surface area contributed by atoms with Gasteiger partial charge in [-0.1, -0.05) is 85.1 Å². The second kappa shape index (κ2) is 15.0. The molecular weight excluding hydrogens is 530 g/mol. The van der Waals surface area contributed by atoms with E-state index in [0.29, 0.717) is 28.8 Å². The molecule has 0 aliphatic rings. The molecule has 1 atom stereocenters. The van der Waals surface area contributed by atoms with E-state index in [4.69, 9.17) is 23.2 Å². The number of thioether (sulfide) groups is 1. The lowest BCUT2D eigenvalue weighted by molar-refractivity contribution is -0.139. The molecule has 2 amide bonds. The van der Waals surface area contributed by atoms with Crippen LogP contribution in [0.25, 0.3) is 0 Å². The van der Waals surface area contributed by atoms with Crippen molar-refractivity contribution in [3.63, 3.8) is 0 Å². The maximum atomic E-state index is 13.6. The van der Waals surface area contributed by atoms with Crippen molar-refractivity contribution in [2.75, 3.05) is 12.3 Å². The van der Waals surface area contributed by atoms with Crippen molar-refractivity contribution in [1.29, 1.82) is 0 Å². The Bertz CT molecular complexity index is 1140. The van der Waals surface area contributed by atoms with Crippen LogP contribution < -0.4 is 5.32 Å². The number of nitrogens with zero attached hydrogens (tertiary/aromatic N) is 1. The van der Waals surface area contributed by atoms with Crippen molar-refractivity contribution < 1.29 is 14.0 Å². The summed E-state index contributed by atoms with van der Waals surface area (Å²) in [6.07, 6.45) is 2.17. The van der Waals surface area contributed by atoms with Crippen LogP contribution in [0.2, 0.25) is 10.0 Å². The lowest BCUT2D eigenvalue weighted by Gasteiger charge is -2.31. The van der Waals surface area contributed by atoms with Gasteiger partial charge >= 0.3 is 0 Å². The fourth-order valence-corrected chi connectivity index (χ4v) is 5.49. The van der Waals surface area contributed by atoms with Crippen molar-refractivity contribution in [1.82, 2.24) is 10.2 Å². The Balaban J connectivity index is 1.84. The second-order valence-electron chi connectivity index (χ2n) is 8.69. The number of nitrogens with one attached hydrogen (secondary N) is 1. The van der Waals surface area contributed by atoms with E-state index in [-0.39, 0.29) is 29.9 Å². The Morgan fingerprint density at radius 2 is 1.62 bits per heavy atom. The summed E-state index contributed by atoms with van der Waals surface area (Å²) >= 11 is 14.0. The molecule has 0 radical (unpaired) electrons. The molecule has 0 aliphatic heterocycles. The van der Waals surface area contributed by atoms with E-state index >= 15 is 0 Å². The van der Waals surface area contributed by atoms with Crippen LogP contribution in [0.3, 0.4) is 0 Å². The molecule has 0 heterocycles. The average Bonchev–Trinajstić information content (AvgIpc) is 2.89. The number of amides is 2. The summed E-state index contributed by atoms with van der Waals surface area (Å²) in [5, 5.41) is 4.09. The zero-order valence-electron chi connectivity index (χ0n) is 20.8. The first-order valence-electron chi connectivity index (χ1n) is 12.2. The molecule has 3 rings (SSSR count). The molecule has 4 nitrogen and oxygen atoms in total. The van der Waals surface area contributed by atoms with Crippen LogP contribution in [0.4, 0.5) is 4.39 Å². The molecule has 196 valence electrons. The number of carbonyl (C=O) groups excluding carboxylic acids is 2. The third-order valence-corrected chi connectivity index (χ3v) is 7.55. The largest absolute Gasteiger partial charge is 0.354 e. The highest BCUT2D eigenvalue weighted by Gasteiger charge is 2.30. The Morgan fingerprint density at radius 1 is 0.946 bits per heavy atom. The zero-order valence-corrected chi connectivity index (χ0v) is 23.1. The van der Waals surface area contributed by atoms with E-state index < -0.39 is 6.04 Å². The number of hydrogen-bond acceptors (Lipinski definition) is 3. The maximum absolute atomic E-state index is 13.6. The number of benzene rings is 3. The first-order chi connectivity index (χ1) is 17.9. The Morgan fingerprint density at radius 3 is 2.27 bits per heavy atom. The third-order valence-electron chi connectivity index (χ3n) is 5.90. The van der Waals surface area contributed by atoms with Gasteiger partial charge in [-0.2, -0.15) is 0 Å². The standard InChI is InChI=1S/C29H31Cl2FN2O2S/c1-2-3-16-33-29(36)27(17-21-8-5-4-6-9-21)34(18-22-12-14-23(32)15-13-22)28(35)20-37-19-24-25(30)10-7-11-26(24)31/h4-15,27H,2-3,16-20H2,1H3,(H,33,36)/t27-/m1/s1. The highest BCUT2D eigenvalue weighted by atomic mass is 35.5. The lowest BCUT2D eigenvalue weighted by atomic mass is 10.0. The Hall–Kier alpha value is -2.54. The molecule has 0 saturated carbocycles. The lowest BCUT2D eigenvalue weighted by Crippen LogP contribution is -2.51. The van der Waals surface area contributed by atoms with Gasteiger partial charge in [0.1, 0.15) is 11.9 Å². The average molecular weight is 562 g/mol. The second-order valence-corrected chi connectivity index (χ2v) is 10.5. The van der Waals surface area contributed by atoms with Crippen molar-refractivity contribution in [3.8, 4) is 0 Å². The normalized spacial score (nSPS) is 11.7. The Kier molecular flexibility index (Phi) is 11.8. The van der Waals surface area contributed by atoms with E-state index in [2.05, 4.69) is 12.2 Å². The fourth-order valence-electron chi connectivity index (χ4n) is 3.84. The van der Waals surface area contributed by atoms with Crippen LogP contribution in [0.1, 0.15) is 36.5 Å². The van der Waals surface area contributed by atoms with Crippen LogP contribution in [0.5, 0.6) is 0 Å². The topological polar surface area (TPSA) is 49.4 Å². The predicted molar refractivity (Wildman–Crippen MR) is 151 cm³/mol. The number of unbranched alkanes of at least 4 members (excludes halogenated alkanes) is 1. The number of hydrogen-bond donors (Lipinski definition) is 1. The van der Waals surface area contributed by atoms with Crippen LogP contribution in [-0.2, 0) is 28.3 Å². The summed E-state index contributed by atoms with van der Waals surface area (Å²) in [5.74, 6) is -0.153. The zero-order chi connectivity index (χ0) is 26.6. The number of rotatable bonds is 13. The van der Waals surface area contributed by atoms with Crippen LogP contribution in [0, 0.1) is 5.82 Å². The molecule has 3 aromatic carbocycles. The Labute approximate surface area is 232 Å². The molecule has 37 heavy (non-hydrogen) atoms. The van der Waals surface area contributed by atoms with Gasteiger partial charge in [0.15, 0.2) is 0 Å². The maximum Gasteiger partial charge on any atom is 0.243 e. The van der Waals surface area contributed by atoms with Gasteiger partial charge in [-0.05, 0) is 47.4 Å². The van der Waals surface area contributed by atoms with Crippen LogP contribution in [0.15, 0.2) is 72.8 Å².